The largest absolute Gasteiger partial charge is 0.457 e. The highest BCUT2D eigenvalue weighted by molar-refractivity contribution is 6.00. The number of anilines is 1. The summed E-state index contributed by atoms with van der Waals surface area (Å²) in [7, 11) is 0. The van der Waals surface area contributed by atoms with Crippen molar-refractivity contribution in [1.82, 2.24) is 10.3 Å². The van der Waals surface area contributed by atoms with Gasteiger partial charge in [-0.25, -0.2) is 0 Å². The van der Waals surface area contributed by atoms with Gasteiger partial charge in [-0.15, -0.1) is 0 Å². The Kier molecular flexibility index (Phi) is 5.52. The molecule has 1 aliphatic heterocycles. The van der Waals surface area contributed by atoms with Crippen LogP contribution in [0.3, 0.4) is 0 Å². The fourth-order valence-corrected chi connectivity index (χ4v) is 3.29. The summed E-state index contributed by atoms with van der Waals surface area (Å²) < 4.78 is 5.78. The topological polar surface area (TPSA) is 71.5 Å². The second-order valence-electron chi connectivity index (χ2n) is 6.89. The van der Waals surface area contributed by atoms with E-state index < -0.39 is 0 Å². The Labute approximate surface area is 169 Å². The fraction of sp³-hybridized carbons (Fsp3) is 0.174. The molecule has 0 bridgehead atoms. The number of carbonyl (C=O) groups excluding carboxylic acids is 2. The highest BCUT2D eigenvalue weighted by atomic mass is 16.5. The van der Waals surface area contributed by atoms with E-state index in [1.165, 1.54) is 0 Å². The number of benzene rings is 2. The standard InChI is InChI=1S/C23H21N3O3/c27-22-14-18(23(28)25-15-17-10-12-24-13-11-17)16-26(22)19-6-8-21(9-7-19)29-20-4-2-1-3-5-20/h1-13,18H,14-16H2,(H,25,28). The van der Waals surface area contributed by atoms with Gasteiger partial charge in [0.2, 0.25) is 11.8 Å². The molecule has 0 saturated carbocycles. The summed E-state index contributed by atoms with van der Waals surface area (Å²) in [6, 6.07) is 20.5. The number of carbonyl (C=O) groups is 2. The van der Waals surface area contributed by atoms with Crippen LogP contribution >= 0.6 is 0 Å². The van der Waals surface area contributed by atoms with E-state index in [4.69, 9.17) is 4.74 Å². The Balaban J connectivity index is 1.35. The molecule has 2 aromatic carbocycles. The molecule has 1 saturated heterocycles. The molecule has 146 valence electrons. The molecule has 1 aliphatic rings. The molecule has 1 aromatic heterocycles. The van der Waals surface area contributed by atoms with E-state index in [1.54, 1.807) is 17.3 Å². The molecule has 1 N–H and O–H groups in total. The first-order valence-electron chi connectivity index (χ1n) is 9.49. The molecule has 1 fully saturated rings. The van der Waals surface area contributed by atoms with Crippen LogP contribution in [0.1, 0.15) is 12.0 Å². The van der Waals surface area contributed by atoms with Gasteiger partial charge in [0.05, 0.1) is 5.92 Å². The van der Waals surface area contributed by atoms with Crippen LogP contribution in [0, 0.1) is 5.92 Å². The number of hydrogen-bond acceptors (Lipinski definition) is 4. The van der Waals surface area contributed by atoms with Crippen molar-refractivity contribution in [2.24, 2.45) is 5.92 Å². The first-order valence-corrected chi connectivity index (χ1v) is 9.49. The number of nitrogens with one attached hydrogen (secondary N) is 1. The zero-order valence-electron chi connectivity index (χ0n) is 15.8. The monoisotopic (exact) mass is 387 g/mol. The van der Waals surface area contributed by atoms with Crippen LogP contribution in [0.15, 0.2) is 79.1 Å². The molecule has 0 aliphatic carbocycles. The van der Waals surface area contributed by atoms with E-state index in [0.29, 0.717) is 18.8 Å². The van der Waals surface area contributed by atoms with Crippen LogP contribution in [0.25, 0.3) is 0 Å². The molecule has 6 heteroatoms. The van der Waals surface area contributed by atoms with Crippen molar-refractivity contribution in [2.75, 3.05) is 11.4 Å². The molecular weight excluding hydrogens is 366 g/mol. The fourth-order valence-electron chi connectivity index (χ4n) is 3.29. The second-order valence-corrected chi connectivity index (χ2v) is 6.89. The Hall–Kier alpha value is -3.67. The van der Waals surface area contributed by atoms with Crippen LogP contribution in [-0.2, 0) is 16.1 Å². The maximum atomic E-state index is 12.5. The summed E-state index contributed by atoms with van der Waals surface area (Å²) in [5.74, 6) is 0.929. The molecule has 2 heterocycles. The van der Waals surface area contributed by atoms with Crippen LogP contribution in [-0.4, -0.2) is 23.3 Å². The molecule has 29 heavy (non-hydrogen) atoms. The predicted molar refractivity (Wildman–Crippen MR) is 110 cm³/mol. The maximum absolute atomic E-state index is 12.5. The number of hydrogen-bond donors (Lipinski definition) is 1. The van der Waals surface area contributed by atoms with Crippen molar-refractivity contribution in [1.29, 1.82) is 0 Å². The lowest BCUT2D eigenvalue weighted by Crippen LogP contribution is -2.32. The van der Waals surface area contributed by atoms with Crippen molar-refractivity contribution < 1.29 is 14.3 Å². The minimum atomic E-state index is -0.357. The minimum Gasteiger partial charge on any atom is -0.457 e. The highest BCUT2D eigenvalue weighted by Crippen LogP contribution is 2.28. The van der Waals surface area contributed by atoms with Crippen molar-refractivity contribution in [3.8, 4) is 11.5 Å². The van der Waals surface area contributed by atoms with Gasteiger partial charge in [-0.1, -0.05) is 18.2 Å². The zero-order chi connectivity index (χ0) is 20.1. The summed E-state index contributed by atoms with van der Waals surface area (Å²) in [5, 5.41) is 2.90. The summed E-state index contributed by atoms with van der Waals surface area (Å²) in [6.07, 6.45) is 3.59. The number of rotatable bonds is 6. The SMILES string of the molecule is O=C(NCc1ccncc1)C1CC(=O)N(c2ccc(Oc3ccccc3)cc2)C1. The average Bonchev–Trinajstić information content (AvgIpc) is 3.16. The molecule has 0 radical (unpaired) electrons. The minimum absolute atomic E-state index is 0.0502. The Bertz CT molecular complexity index is 975. The predicted octanol–water partition coefficient (Wildman–Crippen LogP) is 3.54. The number of nitrogens with zero attached hydrogens (tertiary/aromatic N) is 2. The van der Waals surface area contributed by atoms with Crippen LogP contribution in [0.5, 0.6) is 11.5 Å². The first-order chi connectivity index (χ1) is 14.2. The average molecular weight is 387 g/mol. The lowest BCUT2D eigenvalue weighted by Gasteiger charge is -2.17. The molecule has 1 unspecified atom stereocenters. The van der Waals surface area contributed by atoms with E-state index in [2.05, 4.69) is 10.3 Å². The van der Waals surface area contributed by atoms with Gasteiger partial charge in [-0.3, -0.25) is 14.6 Å². The van der Waals surface area contributed by atoms with Crippen LogP contribution < -0.4 is 15.0 Å². The Morgan fingerprint density at radius 3 is 2.41 bits per heavy atom. The lowest BCUT2D eigenvalue weighted by atomic mass is 10.1. The molecule has 0 spiro atoms. The van der Waals surface area contributed by atoms with Gasteiger partial charge in [0.25, 0.3) is 0 Å². The third kappa shape index (κ3) is 4.60. The van der Waals surface area contributed by atoms with Gasteiger partial charge in [0, 0.05) is 37.6 Å². The summed E-state index contributed by atoms with van der Waals surface area (Å²) in [5.41, 5.74) is 1.74. The van der Waals surface area contributed by atoms with Crippen LogP contribution in [0.4, 0.5) is 5.69 Å². The number of ether oxygens (including phenoxy) is 1. The number of amides is 2. The third-order valence-corrected chi connectivity index (χ3v) is 4.84. The zero-order valence-corrected chi connectivity index (χ0v) is 15.8. The van der Waals surface area contributed by atoms with Crippen molar-refractivity contribution in [3.05, 3.63) is 84.7 Å². The van der Waals surface area contributed by atoms with E-state index in [1.807, 2.05) is 66.7 Å². The summed E-state index contributed by atoms with van der Waals surface area (Å²) in [4.78, 5) is 30.5. The van der Waals surface area contributed by atoms with Gasteiger partial charge in [0.1, 0.15) is 11.5 Å². The number of pyridine rings is 1. The van der Waals surface area contributed by atoms with Crippen LogP contribution in [0.2, 0.25) is 0 Å². The van der Waals surface area contributed by atoms with Gasteiger partial charge < -0.3 is 15.0 Å². The third-order valence-electron chi connectivity index (χ3n) is 4.84. The molecule has 6 nitrogen and oxygen atoms in total. The second kappa shape index (κ2) is 8.56. The number of aromatic nitrogens is 1. The van der Waals surface area contributed by atoms with Crippen molar-refractivity contribution >= 4 is 17.5 Å². The summed E-state index contributed by atoms with van der Waals surface area (Å²) in [6.45, 7) is 0.803. The van der Waals surface area contributed by atoms with Gasteiger partial charge in [-0.2, -0.15) is 0 Å². The van der Waals surface area contributed by atoms with E-state index in [9.17, 15) is 9.59 Å². The lowest BCUT2D eigenvalue weighted by molar-refractivity contribution is -0.126. The van der Waals surface area contributed by atoms with Gasteiger partial charge >= 0.3 is 0 Å². The molecule has 4 rings (SSSR count). The van der Waals surface area contributed by atoms with Crippen molar-refractivity contribution in [3.63, 3.8) is 0 Å². The maximum Gasteiger partial charge on any atom is 0.227 e. The summed E-state index contributed by atoms with van der Waals surface area (Å²) >= 11 is 0. The Morgan fingerprint density at radius 1 is 1.00 bits per heavy atom. The molecule has 3 aromatic rings. The van der Waals surface area contributed by atoms with Crippen molar-refractivity contribution in [2.45, 2.75) is 13.0 Å². The quantitative estimate of drug-likeness (QED) is 0.702. The Morgan fingerprint density at radius 2 is 1.69 bits per heavy atom. The number of para-hydroxylation sites is 1. The van der Waals surface area contributed by atoms with E-state index >= 15 is 0 Å². The molecule has 1 atom stereocenters. The molecule has 2 amide bonds. The van der Waals surface area contributed by atoms with Gasteiger partial charge in [-0.05, 0) is 54.1 Å². The smallest absolute Gasteiger partial charge is 0.227 e. The van der Waals surface area contributed by atoms with E-state index in [0.717, 1.165) is 17.0 Å². The highest BCUT2D eigenvalue weighted by Gasteiger charge is 2.35. The molecular formula is C23H21N3O3. The first kappa shape index (κ1) is 18.7. The normalized spacial score (nSPS) is 15.9. The van der Waals surface area contributed by atoms with E-state index in [-0.39, 0.29) is 24.2 Å². The van der Waals surface area contributed by atoms with Gasteiger partial charge in [0.15, 0.2) is 0 Å².